The first-order chi connectivity index (χ1) is 8.91. The summed E-state index contributed by atoms with van der Waals surface area (Å²) in [5.41, 5.74) is -0.0322. The number of carboxylic acid groups (broad SMARTS) is 1. The summed E-state index contributed by atoms with van der Waals surface area (Å²) in [7, 11) is 0. The first-order valence-corrected chi connectivity index (χ1v) is 5.99. The molecule has 19 heavy (non-hydrogen) atoms. The van der Waals surface area contributed by atoms with Gasteiger partial charge in [-0.05, 0) is 18.3 Å². The molecule has 106 valence electrons. The summed E-state index contributed by atoms with van der Waals surface area (Å²) in [5.74, 6) is -2.01. The van der Waals surface area contributed by atoms with E-state index in [1.165, 1.54) is 0 Å². The van der Waals surface area contributed by atoms with Crippen molar-refractivity contribution < 1.29 is 24.2 Å². The summed E-state index contributed by atoms with van der Waals surface area (Å²) in [4.78, 5) is 32.8. The molecule has 0 aromatic rings. The lowest BCUT2D eigenvalue weighted by molar-refractivity contribution is -0.131. The van der Waals surface area contributed by atoms with E-state index in [-0.39, 0.29) is 5.41 Å². The molecular weight excluding hydrogens is 252 g/mol. The molecule has 0 aromatic carbocycles. The zero-order chi connectivity index (χ0) is 14.3. The molecule has 1 fully saturated rings. The molecule has 1 aliphatic heterocycles. The Hall–Kier alpha value is -1.89. The number of nitrogens with one attached hydrogen (secondary N) is 2. The lowest BCUT2D eigenvalue weighted by atomic mass is 9.82. The van der Waals surface area contributed by atoms with E-state index in [9.17, 15) is 14.4 Å². The van der Waals surface area contributed by atoms with Crippen LogP contribution < -0.4 is 10.6 Å². The maximum absolute atomic E-state index is 11.4. The molecule has 0 aliphatic carbocycles. The first kappa shape index (κ1) is 15.2. The van der Waals surface area contributed by atoms with Gasteiger partial charge in [0.25, 0.3) is 5.91 Å². The SMILES string of the molecule is CC1(CNC(=O)NC(=O)/C=C/C(=O)O)CCOCC1. The quantitative estimate of drug-likeness (QED) is 0.636. The molecule has 1 rings (SSSR count). The predicted octanol–water partition coefficient (Wildman–Crippen LogP) is 0.270. The highest BCUT2D eigenvalue weighted by Gasteiger charge is 2.27. The Morgan fingerprint density at radius 3 is 2.47 bits per heavy atom. The molecule has 1 aliphatic rings. The van der Waals surface area contributed by atoms with Gasteiger partial charge in [0.05, 0.1) is 0 Å². The maximum atomic E-state index is 11.4. The van der Waals surface area contributed by atoms with Crippen LogP contribution in [0.3, 0.4) is 0 Å². The van der Waals surface area contributed by atoms with Crippen molar-refractivity contribution in [1.82, 2.24) is 10.6 Å². The lowest BCUT2D eigenvalue weighted by Crippen LogP contribution is -2.45. The number of rotatable bonds is 4. The highest BCUT2D eigenvalue weighted by molar-refractivity contribution is 6.02. The normalized spacial score (nSPS) is 17.9. The molecule has 1 heterocycles. The predicted molar refractivity (Wildman–Crippen MR) is 66.5 cm³/mol. The largest absolute Gasteiger partial charge is 0.478 e. The van der Waals surface area contributed by atoms with E-state index in [1.54, 1.807) is 0 Å². The van der Waals surface area contributed by atoms with Crippen LogP contribution in [0.4, 0.5) is 4.79 Å². The highest BCUT2D eigenvalue weighted by Crippen LogP contribution is 2.28. The number of aliphatic carboxylic acids is 1. The summed E-state index contributed by atoms with van der Waals surface area (Å²) in [6, 6.07) is -0.632. The van der Waals surface area contributed by atoms with Crippen LogP contribution in [0.15, 0.2) is 12.2 Å². The van der Waals surface area contributed by atoms with Gasteiger partial charge in [0.2, 0.25) is 0 Å². The fourth-order valence-corrected chi connectivity index (χ4v) is 1.68. The van der Waals surface area contributed by atoms with Crippen LogP contribution in [0, 0.1) is 5.41 Å². The molecule has 0 radical (unpaired) electrons. The van der Waals surface area contributed by atoms with Gasteiger partial charge in [-0.15, -0.1) is 0 Å². The third-order valence-electron chi connectivity index (χ3n) is 2.99. The molecule has 0 bridgehead atoms. The molecule has 1 saturated heterocycles. The second-order valence-electron chi connectivity index (χ2n) is 4.77. The fourth-order valence-electron chi connectivity index (χ4n) is 1.68. The number of urea groups is 1. The summed E-state index contributed by atoms with van der Waals surface area (Å²) >= 11 is 0. The Balaban J connectivity index is 2.31. The van der Waals surface area contributed by atoms with Gasteiger partial charge in [-0.25, -0.2) is 9.59 Å². The summed E-state index contributed by atoms with van der Waals surface area (Å²) < 4.78 is 5.24. The van der Waals surface area contributed by atoms with Crippen LogP contribution in [0.2, 0.25) is 0 Å². The lowest BCUT2D eigenvalue weighted by Gasteiger charge is -2.33. The highest BCUT2D eigenvalue weighted by atomic mass is 16.5. The van der Waals surface area contributed by atoms with Crippen LogP contribution >= 0.6 is 0 Å². The van der Waals surface area contributed by atoms with Gasteiger partial charge >= 0.3 is 12.0 Å². The van der Waals surface area contributed by atoms with E-state index in [2.05, 4.69) is 5.32 Å². The summed E-state index contributed by atoms with van der Waals surface area (Å²) in [6.45, 7) is 3.82. The number of amides is 3. The van der Waals surface area contributed by atoms with Gasteiger partial charge in [-0.3, -0.25) is 10.1 Å². The van der Waals surface area contributed by atoms with Crippen molar-refractivity contribution in [1.29, 1.82) is 0 Å². The van der Waals surface area contributed by atoms with Crippen LogP contribution in [0.25, 0.3) is 0 Å². The van der Waals surface area contributed by atoms with E-state index in [0.29, 0.717) is 25.8 Å². The molecule has 3 N–H and O–H groups in total. The standard InChI is InChI=1S/C12H18N2O5/c1-12(4-6-19-7-5-12)8-13-11(18)14-9(15)2-3-10(16)17/h2-3H,4-8H2,1H3,(H,16,17)(H2,13,14,15,18)/b3-2+. The van der Waals surface area contributed by atoms with E-state index < -0.39 is 17.9 Å². The molecule has 7 nitrogen and oxygen atoms in total. The number of imide groups is 1. The molecular formula is C12H18N2O5. The average molecular weight is 270 g/mol. The Labute approximate surface area is 111 Å². The molecule has 0 atom stereocenters. The van der Waals surface area contributed by atoms with Crippen molar-refractivity contribution in [2.24, 2.45) is 5.41 Å². The van der Waals surface area contributed by atoms with E-state index in [4.69, 9.17) is 9.84 Å². The number of hydrogen-bond acceptors (Lipinski definition) is 4. The third kappa shape index (κ3) is 6.01. The van der Waals surface area contributed by atoms with Crippen molar-refractivity contribution in [2.75, 3.05) is 19.8 Å². The van der Waals surface area contributed by atoms with Gasteiger partial charge in [0, 0.05) is 31.9 Å². The minimum atomic E-state index is -1.25. The monoisotopic (exact) mass is 270 g/mol. The zero-order valence-corrected chi connectivity index (χ0v) is 10.8. The molecule has 0 aromatic heterocycles. The fraction of sp³-hybridized carbons (Fsp3) is 0.583. The molecule has 3 amide bonds. The first-order valence-electron chi connectivity index (χ1n) is 5.99. The molecule has 0 saturated carbocycles. The number of carboxylic acids is 1. The van der Waals surface area contributed by atoms with Crippen molar-refractivity contribution in [3.05, 3.63) is 12.2 Å². The van der Waals surface area contributed by atoms with E-state index >= 15 is 0 Å². The van der Waals surface area contributed by atoms with Gasteiger partial charge in [-0.2, -0.15) is 0 Å². The Kier molecular flexibility index (Phi) is 5.50. The number of carbonyl (C=O) groups excluding carboxylic acids is 2. The van der Waals surface area contributed by atoms with E-state index in [1.807, 2.05) is 12.2 Å². The van der Waals surface area contributed by atoms with Gasteiger partial charge in [0.15, 0.2) is 0 Å². The molecule has 7 heteroatoms. The Bertz CT molecular complexity index is 386. The van der Waals surface area contributed by atoms with Crippen molar-refractivity contribution in [2.45, 2.75) is 19.8 Å². The van der Waals surface area contributed by atoms with Gasteiger partial charge < -0.3 is 15.2 Å². The van der Waals surface area contributed by atoms with Crippen LogP contribution in [0.5, 0.6) is 0 Å². The van der Waals surface area contributed by atoms with Crippen molar-refractivity contribution >= 4 is 17.9 Å². The van der Waals surface area contributed by atoms with Gasteiger partial charge in [0.1, 0.15) is 0 Å². The third-order valence-corrected chi connectivity index (χ3v) is 2.99. The minimum absolute atomic E-state index is 0.0322. The molecule has 0 unspecified atom stereocenters. The summed E-state index contributed by atoms with van der Waals surface area (Å²) in [6.07, 6.45) is 3.15. The second-order valence-corrected chi connectivity index (χ2v) is 4.77. The second kappa shape index (κ2) is 6.89. The number of ether oxygens (including phenoxy) is 1. The van der Waals surface area contributed by atoms with Crippen LogP contribution in [-0.2, 0) is 14.3 Å². The average Bonchev–Trinajstić information content (AvgIpc) is 2.35. The topological polar surface area (TPSA) is 105 Å². The Morgan fingerprint density at radius 2 is 1.89 bits per heavy atom. The smallest absolute Gasteiger partial charge is 0.328 e. The van der Waals surface area contributed by atoms with Crippen molar-refractivity contribution in [3.63, 3.8) is 0 Å². The Morgan fingerprint density at radius 1 is 1.26 bits per heavy atom. The molecule has 0 spiro atoms. The minimum Gasteiger partial charge on any atom is -0.478 e. The number of hydrogen-bond donors (Lipinski definition) is 3. The number of carbonyl (C=O) groups is 3. The van der Waals surface area contributed by atoms with Gasteiger partial charge in [-0.1, -0.05) is 6.92 Å². The van der Waals surface area contributed by atoms with E-state index in [0.717, 1.165) is 18.9 Å². The maximum Gasteiger partial charge on any atom is 0.328 e. The summed E-state index contributed by atoms with van der Waals surface area (Å²) in [5, 5.41) is 13.0. The zero-order valence-electron chi connectivity index (χ0n) is 10.8. The van der Waals surface area contributed by atoms with Crippen molar-refractivity contribution in [3.8, 4) is 0 Å². The van der Waals surface area contributed by atoms with Crippen LogP contribution in [0.1, 0.15) is 19.8 Å². The van der Waals surface area contributed by atoms with Crippen LogP contribution in [-0.4, -0.2) is 42.8 Å².